The number of pyridine rings is 1. The van der Waals surface area contributed by atoms with Crippen LogP contribution in [-0.4, -0.2) is 10.2 Å². The Morgan fingerprint density at radius 3 is 2.58 bits per heavy atom. The van der Waals surface area contributed by atoms with E-state index in [-0.39, 0.29) is 6.10 Å². The zero-order chi connectivity index (χ0) is 9.40. The lowest BCUT2D eigenvalue weighted by Gasteiger charge is -2.04. The highest BCUT2D eigenvalue weighted by Gasteiger charge is 2.02. The lowest BCUT2D eigenvalue weighted by Crippen LogP contribution is -1.95. The Morgan fingerprint density at radius 1 is 1.50 bits per heavy atom. The molecule has 1 unspecified atom stereocenters. The van der Waals surface area contributed by atoms with E-state index in [1.807, 2.05) is 19.9 Å². The van der Waals surface area contributed by atoms with Crippen LogP contribution in [0, 0.1) is 0 Å². The minimum Gasteiger partial charge on any atom is -0.264 e. The van der Waals surface area contributed by atoms with Crippen LogP contribution in [0.2, 0.25) is 0 Å². The van der Waals surface area contributed by atoms with Gasteiger partial charge in [-0.15, -0.1) is 0 Å². The monoisotopic (exact) mass is 169 g/mol. The molecule has 0 radical (unpaired) electrons. The molecule has 0 amide bonds. The van der Waals surface area contributed by atoms with Crippen molar-refractivity contribution in [1.82, 2.24) is 4.98 Å². The molecule has 0 aliphatic carbocycles. The van der Waals surface area contributed by atoms with E-state index >= 15 is 0 Å². The molecule has 0 aliphatic rings. The van der Waals surface area contributed by atoms with Crippen molar-refractivity contribution in [2.45, 2.75) is 26.9 Å². The molecule has 0 fully saturated rings. The molecular formula is C9H15NO2. The van der Waals surface area contributed by atoms with Gasteiger partial charge >= 0.3 is 0 Å². The molecule has 3 heteroatoms. The normalized spacial score (nSPS) is 11.3. The summed E-state index contributed by atoms with van der Waals surface area (Å²) < 4.78 is 0. The van der Waals surface area contributed by atoms with E-state index in [1.54, 1.807) is 25.4 Å². The van der Waals surface area contributed by atoms with Gasteiger partial charge in [0.05, 0.1) is 0 Å². The fourth-order valence-corrected chi connectivity index (χ4v) is 0.677. The second kappa shape index (κ2) is 6.76. The maximum Gasteiger partial charge on any atom is 0.116 e. The molecule has 12 heavy (non-hydrogen) atoms. The molecule has 0 aliphatic heterocycles. The molecule has 68 valence electrons. The van der Waals surface area contributed by atoms with Crippen LogP contribution < -0.4 is 0 Å². The van der Waals surface area contributed by atoms with Crippen LogP contribution in [0.25, 0.3) is 0 Å². The topological polar surface area (TPSA) is 42.4 Å². The van der Waals surface area contributed by atoms with Crippen LogP contribution >= 0.6 is 0 Å². The number of aromatic nitrogens is 1. The SMILES string of the molecule is CC.CC(OO)c1cccnc1. The van der Waals surface area contributed by atoms with Crippen molar-refractivity contribution in [3.05, 3.63) is 30.1 Å². The summed E-state index contributed by atoms with van der Waals surface area (Å²) in [5.74, 6) is 0. The highest BCUT2D eigenvalue weighted by atomic mass is 17.1. The molecule has 1 rings (SSSR count). The third-order valence-electron chi connectivity index (χ3n) is 1.31. The summed E-state index contributed by atoms with van der Waals surface area (Å²) in [7, 11) is 0. The van der Waals surface area contributed by atoms with Gasteiger partial charge in [0.2, 0.25) is 0 Å². The molecule has 0 spiro atoms. The van der Waals surface area contributed by atoms with Crippen molar-refractivity contribution in [2.75, 3.05) is 0 Å². The third-order valence-corrected chi connectivity index (χ3v) is 1.31. The van der Waals surface area contributed by atoms with Gasteiger partial charge in [-0.1, -0.05) is 19.9 Å². The van der Waals surface area contributed by atoms with E-state index in [4.69, 9.17) is 5.26 Å². The van der Waals surface area contributed by atoms with Crippen LogP contribution in [0.5, 0.6) is 0 Å². The zero-order valence-corrected chi connectivity index (χ0v) is 7.69. The van der Waals surface area contributed by atoms with Gasteiger partial charge < -0.3 is 0 Å². The Labute approximate surface area is 73.0 Å². The molecule has 1 atom stereocenters. The van der Waals surface area contributed by atoms with Crippen molar-refractivity contribution < 1.29 is 10.1 Å². The van der Waals surface area contributed by atoms with Crippen LogP contribution in [-0.2, 0) is 4.89 Å². The summed E-state index contributed by atoms with van der Waals surface area (Å²) in [4.78, 5) is 7.96. The Kier molecular flexibility index (Phi) is 6.24. The van der Waals surface area contributed by atoms with Crippen LogP contribution in [0.15, 0.2) is 24.5 Å². The average Bonchev–Trinajstić information content (AvgIpc) is 2.21. The molecule has 1 aromatic heterocycles. The van der Waals surface area contributed by atoms with Crippen LogP contribution in [0.4, 0.5) is 0 Å². The maximum atomic E-state index is 8.26. The van der Waals surface area contributed by atoms with E-state index in [9.17, 15) is 0 Å². The average molecular weight is 169 g/mol. The minimum absolute atomic E-state index is 0.298. The lowest BCUT2D eigenvalue weighted by atomic mass is 10.2. The summed E-state index contributed by atoms with van der Waals surface area (Å²) in [6.45, 7) is 5.75. The summed E-state index contributed by atoms with van der Waals surface area (Å²) in [5, 5.41) is 8.26. The summed E-state index contributed by atoms with van der Waals surface area (Å²) in [5.41, 5.74) is 0.866. The van der Waals surface area contributed by atoms with Crippen molar-refractivity contribution in [3.8, 4) is 0 Å². The quantitative estimate of drug-likeness (QED) is 0.546. The first-order valence-corrected chi connectivity index (χ1v) is 4.04. The number of rotatable bonds is 2. The largest absolute Gasteiger partial charge is 0.264 e. The molecule has 1 N–H and O–H groups in total. The Morgan fingerprint density at radius 2 is 2.17 bits per heavy atom. The van der Waals surface area contributed by atoms with Crippen LogP contribution in [0.1, 0.15) is 32.4 Å². The zero-order valence-electron chi connectivity index (χ0n) is 7.69. The van der Waals surface area contributed by atoms with Crippen molar-refractivity contribution in [2.24, 2.45) is 0 Å². The number of nitrogens with zero attached hydrogens (tertiary/aromatic N) is 1. The second-order valence-electron chi connectivity index (χ2n) is 2.03. The molecule has 0 saturated carbocycles. The third kappa shape index (κ3) is 3.46. The van der Waals surface area contributed by atoms with Crippen molar-refractivity contribution in [1.29, 1.82) is 0 Å². The number of hydrogen-bond donors (Lipinski definition) is 1. The summed E-state index contributed by atoms with van der Waals surface area (Å²) in [6, 6.07) is 3.64. The van der Waals surface area contributed by atoms with Gasteiger partial charge in [0.15, 0.2) is 0 Å². The minimum atomic E-state index is -0.298. The van der Waals surface area contributed by atoms with Gasteiger partial charge in [0, 0.05) is 18.0 Å². The van der Waals surface area contributed by atoms with E-state index in [0.29, 0.717) is 0 Å². The van der Waals surface area contributed by atoms with Gasteiger partial charge in [0.1, 0.15) is 6.10 Å². The van der Waals surface area contributed by atoms with E-state index < -0.39 is 0 Å². The van der Waals surface area contributed by atoms with Gasteiger partial charge in [-0.05, 0) is 13.0 Å². The molecule has 1 aromatic rings. The first-order chi connectivity index (χ1) is 5.84. The lowest BCUT2D eigenvalue weighted by molar-refractivity contribution is -0.277. The van der Waals surface area contributed by atoms with Gasteiger partial charge in [-0.3, -0.25) is 10.2 Å². The summed E-state index contributed by atoms with van der Waals surface area (Å²) >= 11 is 0. The predicted octanol–water partition coefficient (Wildman–Crippen LogP) is 2.66. The fourth-order valence-electron chi connectivity index (χ4n) is 0.677. The Bertz CT molecular complexity index is 189. The summed E-state index contributed by atoms with van der Waals surface area (Å²) in [6.07, 6.45) is 3.03. The standard InChI is InChI=1S/C7H9NO2.C2H6/c1-6(10-9)7-3-2-4-8-5-7;1-2/h2-6,9H,1H3;1-2H3. The molecule has 0 bridgehead atoms. The van der Waals surface area contributed by atoms with Crippen LogP contribution in [0.3, 0.4) is 0 Å². The fraction of sp³-hybridized carbons (Fsp3) is 0.444. The van der Waals surface area contributed by atoms with Gasteiger partial charge in [-0.25, -0.2) is 4.89 Å². The predicted molar refractivity (Wildman–Crippen MR) is 47.7 cm³/mol. The van der Waals surface area contributed by atoms with E-state index in [2.05, 4.69) is 9.87 Å². The number of hydrogen-bond acceptors (Lipinski definition) is 3. The first kappa shape index (κ1) is 11.1. The maximum absolute atomic E-state index is 8.26. The smallest absolute Gasteiger partial charge is 0.116 e. The molecule has 0 aromatic carbocycles. The molecule has 3 nitrogen and oxygen atoms in total. The van der Waals surface area contributed by atoms with E-state index in [1.165, 1.54) is 0 Å². The van der Waals surface area contributed by atoms with Crippen molar-refractivity contribution >= 4 is 0 Å². The highest BCUT2D eigenvalue weighted by molar-refractivity contribution is 5.10. The van der Waals surface area contributed by atoms with E-state index in [0.717, 1.165) is 5.56 Å². The second-order valence-corrected chi connectivity index (χ2v) is 2.03. The van der Waals surface area contributed by atoms with Crippen molar-refractivity contribution in [3.63, 3.8) is 0 Å². The highest BCUT2D eigenvalue weighted by Crippen LogP contribution is 2.12. The molecular weight excluding hydrogens is 154 g/mol. The Balaban J connectivity index is 0.000000561. The first-order valence-electron chi connectivity index (χ1n) is 4.04. The Hall–Kier alpha value is -0.930. The molecule has 1 heterocycles. The molecule has 0 saturated heterocycles. The van der Waals surface area contributed by atoms with Gasteiger partial charge in [-0.2, -0.15) is 0 Å². The van der Waals surface area contributed by atoms with Gasteiger partial charge in [0.25, 0.3) is 0 Å².